The predicted octanol–water partition coefficient (Wildman–Crippen LogP) is 2.94. The molecule has 104 valence electrons. The van der Waals surface area contributed by atoms with Gasteiger partial charge in [0.05, 0.1) is 7.11 Å². The van der Waals surface area contributed by atoms with E-state index in [0.29, 0.717) is 6.04 Å². The molecule has 0 unspecified atom stereocenters. The molecule has 1 heterocycles. The number of benzene rings is 1. The zero-order chi connectivity index (χ0) is 13.7. The van der Waals surface area contributed by atoms with Crippen LogP contribution in [0.2, 0.25) is 0 Å². The smallest absolute Gasteiger partial charge is 0.169 e. The Kier molecular flexibility index (Phi) is 5.02. The van der Waals surface area contributed by atoms with Crippen molar-refractivity contribution in [2.45, 2.75) is 38.8 Å². The number of hydrogen-bond acceptors (Lipinski definition) is 2. The minimum atomic E-state index is 0.560. The minimum absolute atomic E-state index is 0.560. The van der Waals surface area contributed by atoms with Crippen LogP contribution < -0.4 is 10.1 Å². The van der Waals surface area contributed by atoms with E-state index in [1.54, 1.807) is 7.11 Å². The van der Waals surface area contributed by atoms with Crippen molar-refractivity contribution in [3.05, 3.63) is 29.8 Å². The lowest BCUT2D eigenvalue weighted by molar-refractivity contribution is 0.255. The molecule has 1 saturated heterocycles. The highest BCUT2D eigenvalue weighted by Crippen LogP contribution is 2.16. The molecule has 0 amide bonds. The maximum atomic E-state index is 5.49. The van der Waals surface area contributed by atoms with E-state index >= 15 is 0 Å². The third-order valence-electron chi connectivity index (χ3n) is 3.67. The summed E-state index contributed by atoms with van der Waals surface area (Å²) in [5.74, 6) is 0.885. The molecule has 1 atom stereocenters. The fourth-order valence-electron chi connectivity index (χ4n) is 2.42. The van der Waals surface area contributed by atoms with Gasteiger partial charge in [-0.3, -0.25) is 0 Å². The summed E-state index contributed by atoms with van der Waals surface area (Å²) in [6.45, 7) is 4.10. The summed E-state index contributed by atoms with van der Waals surface area (Å²) in [4.78, 5) is 2.31. The summed E-state index contributed by atoms with van der Waals surface area (Å²) < 4.78 is 5.15. The van der Waals surface area contributed by atoms with E-state index in [1.165, 1.54) is 24.8 Å². The van der Waals surface area contributed by atoms with Crippen LogP contribution in [0.15, 0.2) is 24.3 Å². The average Bonchev–Trinajstić information content (AvgIpc) is 2.46. The summed E-state index contributed by atoms with van der Waals surface area (Å²) >= 11 is 5.49. The molecule has 1 fully saturated rings. The Morgan fingerprint density at radius 3 is 2.74 bits per heavy atom. The van der Waals surface area contributed by atoms with Crippen LogP contribution in [0.1, 0.15) is 31.7 Å². The summed E-state index contributed by atoms with van der Waals surface area (Å²) in [6.07, 6.45) is 3.80. The Bertz CT molecular complexity index is 419. The molecule has 19 heavy (non-hydrogen) atoms. The molecule has 1 aliphatic rings. The zero-order valence-electron chi connectivity index (χ0n) is 11.7. The number of hydrogen-bond donors (Lipinski definition) is 1. The number of likely N-dealkylation sites (tertiary alicyclic amines) is 1. The van der Waals surface area contributed by atoms with Crippen LogP contribution in [0.25, 0.3) is 0 Å². The number of nitrogens with zero attached hydrogens (tertiary/aromatic N) is 1. The SMILES string of the molecule is COc1ccc(CNC(=S)N2CCCC[C@@H]2C)cc1. The molecule has 4 heteroatoms. The van der Waals surface area contributed by atoms with Crippen molar-refractivity contribution in [1.29, 1.82) is 0 Å². The van der Waals surface area contributed by atoms with E-state index in [-0.39, 0.29) is 0 Å². The van der Waals surface area contributed by atoms with Crippen LogP contribution in [0.5, 0.6) is 5.75 Å². The number of nitrogens with one attached hydrogen (secondary N) is 1. The molecule has 1 aromatic rings. The van der Waals surface area contributed by atoms with Gasteiger partial charge in [-0.1, -0.05) is 12.1 Å². The van der Waals surface area contributed by atoms with Gasteiger partial charge in [-0.25, -0.2) is 0 Å². The van der Waals surface area contributed by atoms with E-state index in [2.05, 4.69) is 29.3 Å². The number of piperidine rings is 1. The van der Waals surface area contributed by atoms with Crippen molar-refractivity contribution in [2.75, 3.05) is 13.7 Å². The monoisotopic (exact) mass is 278 g/mol. The molecule has 2 rings (SSSR count). The lowest BCUT2D eigenvalue weighted by atomic mass is 10.0. The fourth-order valence-corrected chi connectivity index (χ4v) is 2.77. The lowest BCUT2D eigenvalue weighted by Gasteiger charge is -2.35. The molecule has 0 bridgehead atoms. The first-order valence-corrected chi connectivity index (χ1v) is 7.29. The first kappa shape index (κ1) is 14.1. The molecule has 1 aromatic carbocycles. The second-order valence-electron chi connectivity index (χ2n) is 5.04. The number of rotatable bonds is 3. The molecular formula is C15H22N2OS. The first-order chi connectivity index (χ1) is 9.20. The van der Waals surface area contributed by atoms with Gasteiger partial charge in [-0.05, 0) is 56.1 Å². The third-order valence-corrected chi connectivity index (χ3v) is 4.05. The van der Waals surface area contributed by atoms with Gasteiger partial charge in [-0.2, -0.15) is 0 Å². The predicted molar refractivity (Wildman–Crippen MR) is 82.5 cm³/mol. The van der Waals surface area contributed by atoms with Crippen molar-refractivity contribution in [3.63, 3.8) is 0 Å². The van der Waals surface area contributed by atoms with Gasteiger partial charge in [0, 0.05) is 19.1 Å². The number of thiocarbonyl (C=S) groups is 1. The molecular weight excluding hydrogens is 256 g/mol. The molecule has 0 aliphatic carbocycles. The van der Waals surface area contributed by atoms with Crippen LogP contribution in [0.4, 0.5) is 0 Å². The van der Waals surface area contributed by atoms with Gasteiger partial charge < -0.3 is 15.0 Å². The van der Waals surface area contributed by atoms with E-state index in [9.17, 15) is 0 Å². The van der Waals surface area contributed by atoms with Crippen molar-refractivity contribution in [2.24, 2.45) is 0 Å². The Balaban J connectivity index is 1.85. The maximum Gasteiger partial charge on any atom is 0.169 e. The molecule has 0 aromatic heterocycles. The van der Waals surface area contributed by atoms with Crippen LogP contribution >= 0.6 is 12.2 Å². The van der Waals surface area contributed by atoms with E-state index < -0.39 is 0 Å². The maximum absolute atomic E-state index is 5.49. The van der Waals surface area contributed by atoms with Gasteiger partial charge in [0.2, 0.25) is 0 Å². The third kappa shape index (κ3) is 3.83. The van der Waals surface area contributed by atoms with Crippen LogP contribution in [0, 0.1) is 0 Å². The van der Waals surface area contributed by atoms with Crippen LogP contribution in [-0.2, 0) is 6.54 Å². The molecule has 1 aliphatic heterocycles. The van der Waals surface area contributed by atoms with E-state index in [4.69, 9.17) is 17.0 Å². The summed E-state index contributed by atoms with van der Waals surface area (Å²) in [5.41, 5.74) is 1.22. The molecule has 0 saturated carbocycles. The van der Waals surface area contributed by atoms with Gasteiger partial charge in [0.1, 0.15) is 5.75 Å². The van der Waals surface area contributed by atoms with Gasteiger partial charge in [-0.15, -0.1) is 0 Å². The number of ether oxygens (including phenoxy) is 1. The van der Waals surface area contributed by atoms with Gasteiger partial charge in [0.25, 0.3) is 0 Å². The lowest BCUT2D eigenvalue weighted by Crippen LogP contribution is -2.47. The van der Waals surface area contributed by atoms with E-state index in [1.807, 2.05) is 12.1 Å². The summed E-state index contributed by atoms with van der Waals surface area (Å²) in [5, 5.41) is 4.23. The van der Waals surface area contributed by atoms with Crippen LogP contribution in [-0.4, -0.2) is 29.7 Å². The topological polar surface area (TPSA) is 24.5 Å². The van der Waals surface area contributed by atoms with Crippen molar-refractivity contribution in [3.8, 4) is 5.75 Å². The standard InChI is InChI=1S/C15H22N2OS/c1-12-5-3-4-10-17(12)15(19)16-11-13-6-8-14(18-2)9-7-13/h6-9,12H,3-5,10-11H2,1-2H3,(H,16,19)/t12-/m0/s1. The summed E-state index contributed by atoms with van der Waals surface area (Å²) in [6, 6.07) is 8.64. The molecule has 3 nitrogen and oxygen atoms in total. The Hall–Kier alpha value is -1.29. The Labute approximate surface area is 120 Å². The Morgan fingerprint density at radius 1 is 1.37 bits per heavy atom. The average molecular weight is 278 g/mol. The molecule has 0 radical (unpaired) electrons. The van der Waals surface area contributed by atoms with Crippen molar-refractivity contribution in [1.82, 2.24) is 10.2 Å². The van der Waals surface area contributed by atoms with E-state index in [0.717, 1.165) is 24.0 Å². The summed E-state index contributed by atoms with van der Waals surface area (Å²) in [7, 11) is 1.68. The largest absolute Gasteiger partial charge is 0.497 e. The van der Waals surface area contributed by atoms with Gasteiger partial charge >= 0.3 is 0 Å². The van der Waals surface area contributed by atoms with Crippen LogP contribution in [0.3, 0.4) is 0 Å². The highest BCUT2D eigenvalue weighted by atomic mass is 32.1. The minimum Gasteiger partial charge on any atom is -0.497 e. The van der Waals surface area contributed by atoms with Crippen molar-refractivity contribution < 1.29 is 4.74 Å². The highest BCUT2D eigenvalue weighted by Gasteiger charge is 2.20. The second-order valence-corrected chi connectivity index (χ2v) is 5.43. The molecule has 0 spiro atoms. The Morgan fingerprint density at radius 2 is 2.11 bits per heavy atom. The first-order valence-electron chi connectivity index (χ1n) is 6.88. The highest BCUT2D eigenvalue weighted by molar-refractivity contribution is 7.80. The fraction of sp³-hybridized carbons (Fsp3) is 0.533. The van der Waals surface area contributed by atoms with Crippen molar-refractivity contribution >= 4 is 17.3 Å². The van der Waals surface area contributed by atoms with Gasteiger partial charge in [0.15, 0.2) is 5.11 Å². The number of methoxy groups -OCH3 is 1. The molecule has 1 N–H and O–H groups in total. The normalized spacial score (nSPS) is 19.1. The quantitative estimate of drug-likeness (QED) is 0.859. The second kappa shape index (κ2) is 6.75. The zero-order valence-corrected chi connectivity index (χ0v) is 12.5.